The average Bonchev–Trinajstić information content (AvgIpc) is 3.45. The van der Waals surface area contributed by atoms with E-state index in [0.717, 1.165) is 14.7 Å². The molecule has 158 valence electrons. The highest BCUT2D eigenvalue weighted by molar-refractivity contribution is 14.1. The zero-order valence-corrected chi connectivity index (χ0v) is 19.1. The number of amides is 1. The zero-order chi connectivity index (χ0) is 22.1. The fourth-order valence-electron chi connectivity index (χ4n) is 2.96. The Balaban J connectivity index is 1.51. The van der Waals surface area contributed by atoms with Crippen LogP contribution in [-0.4, -0.2) is 31.7 Å². The molecule has 0 unspecified atom stereocenters. The molecule has 10 heteroatoms. The number of rotatable bonds is 6. The molecule has 0 saturated heterocycles. The maximum atomic E-state index is 12.9. The molecule has 0 aliphatic heterocycles. The number of furan rings is 1. The number of hydrogen-bond acceptors (Lipinski definition) is 7. The molecule has 3 aromatic heterocycles. The minimum Gasteiger partial charge on any atom is -0.456 e. The minimum atomic E-state index is -0.452. The molecular formula is C21H18IN5O4. The summed E-state index contributed by atoms with van der Waals surface area (Å²) < 4.78 is 12.3. The molecule has 0 spiro atoms. The highest BCUT2D eigenvalue weighted by Gasteiger charge is 2.21. The van der Waals surface area contributed by atoms with Gasteiger partial charge in [0.25, 0.3) is 5.91 Å². The van der Waals surface area contributed by atoms with E-state index >= 15 is 0 Å². The Kier molecular flexibility index (Phi) is 5.72. The van der Waals surface area contributed by atoms with Gasteiger partial charge in [0.1, 0.15) is 12.3 Å². The smallest absolute Gasteiger partial charge is 0.279 e. The van der Waals surface area contributed by atoms with Crippen LogP contribution in [0.2, 0.25) is 0 Å². The Morgan fingerprint density at radius 2 is 1.97 bits per heavy atom. The number of anilines is 1. The van der Waals surface area contributed by atoms with Gasteiger partial charge in [-0.3, -0.25) is 9.59 Å². The van der Waals surface area contributed by atoms with Gasteiger partial charge in [0.2, 0.25) is 0 Å². The number of nitrogens with zero attached hydrogens (tertiary/aromatic N) is 4. The van der Waals surface area contributed by atoms with Crippen molar-refractivity contribution in [3.05, 3.63) is 68.8 Å². The predicted octanol–water partition coefficient (Wildman–Crippen LogP) is 4.25. The normalized spacial score (nSPS) is 11.0. The van der Waals surface area contributed by atoms with Crippen molar-refractivity contribution in [2.75, 3.05) is 5.32 Å². The first-order valence-electron chi connectivity index (χ1n) is 9.35. The maximum absolute atomic E-state index is 12.9. The van der Waals surface area contributed by atoms with Crippen molar-refractivity contribution in [2.24, 2.45) is 0 Å². The molecule has 1 N–H and O–H groups in total. The van der Waals surface area contributed by atoms with Gasteiger partial charge >= 0.3 is 0 Å². The third-order valence-corrected chi connectivity index (χ3v) is 5.66. The van der Waals surface area contributed by atoms with E-state index in [1.54, 1.807) is 19.1 Å². The summed E-state index contributed by atoms with van der Waals surface area (Å²) in [6.45, 7) is 5.33. The van der Waals surface area contributed by atoms with Gasteiger partial charge in [0.05, 0.1) is 6.20 Å². The second-order valence-electron chi connectivity index (χ2n) is 6.91. The fourth-order valence-corrected chi connectivity index (χ4v) is 3.30. The summed E-state index contributed by atoms with van der Waals surface area (Å²) in [7, 11) is 0. The molecule has 9 nitrogen and oxygen atoms in total. The number of carbonyl (C=O) groups is 2. The van der Waals surface area contributed by atoms with Crippen molar-refractivity contribution in [3.8, 4) is 11.3 Å². The van der Waals surface area contributed by atoms with Crippen LogP contribution in [0, 0.1) is 17.4 Å². The topological polar surface area (TPSA) is 116 Å². The van der Waals surface area contributed by atoms with Crippen molar-refractivity contribution in [1.82, 2.24) is 20.0 Å². The number of hydrogen-bond donors (Lipinski definition) is 1. The highest BCUT2D eigenvalue weighted by atomic mass is 127. The lowest BCUT2D eigenvalue weighted by Gasteiger charge is -2.04. The molecule has 0 saturated carbocycles. The number of ketones is 1. The molecule has 0 fully saturated rings. The van der Waals surface area contributed by atoms with Crippen LogP contribution in [-0.2, 0) is 6.54 Å². The second-order valence-corrected chi connectivity index (χ2v) is 8.07. The summed E-state index contributed by atoms with van der Waals surface area (Å²) in [4.78, 5) is 29.8. The van der Waals surface area contributed by atoms with Crippen LogP contribution >= 0.6 is 22.6 Å². The molecule has 4 rings (SSSR count). The van der Waals surface area contributed by atoms with Gasteiger partial charge in [-0.2, -0.15) is 9.90 Å². The number of carbonyl (C=O) groups excluding carboxylic acids is 2. The third-order valence-electron chi connectivity index (χ3n) is 4.45. The Hall–Kier alpha value is -3.28. The van der Waals surface area contributed by atoms with Gasteiger partial charge in [0, 0.05) is 23.0 Å². The zero-order valence-electron chi connectivity index (χ0n) is 17.0. The summed E-state index contributed by atoms with van der Waals surface area (Å²) in [5.41, 5.74) is 2.02. The van der Waals surface area contributed by atoms with E-state index in [1.807, 2.05) is 25.1 Å². The molecule has 3 heterocycles. The van der Waals surface area contributed by atoms with E-state index < -0.39 is 5.91 Å². The Labute approximate surface area is 191 Å². The largest absolute Gasteiger partial charge is 0.456 e. The fraction of sp³-hybridized carbons (Fsp3) is 0.190. The van der Waals surface area contributed by atoms with Gasteiger partial charge < -0.3 is 14.2 Å². The monoisotopic (exact) mass is 531 g/mol. The number of nitrogens with one attached hydrogen (secondary N) is 1. The molecule has 31 heavy (non-hydrogen) atoms. The number of Topliss-reactive ketones (excluding diaryl/α,β-unsaturated/α-hetero) is 1. The molecule has 0 atom stereocenters. The van der Waals surface area contributed by atoms with E-state index in [9.17, 15) is 9.59 Å². The van der Waals surface area contributed by atoms with Crippen molar-refractivity contribution in [1.29, 1.82) is 0 Å². The maximum Gasteiger partial charge on any atom is 0.279 e. The SMILES string of the molecule is CC(=O)c1ccc(Cn2ncc(NC(=O)c3nc(C)oc3-c3ccc(I)c(C)c3)n2)o1. The van der Waals surface area contributed by atoms with Crippen LogP contribution in [0.3, 0.4) is 0 Å². The quantitative estimate of drug-likeness (QED) is 0.292. The average molecular weight is 531 g/mol. The van der Waals surface area contributed by atoms with Crippen LogP contribution in [0.5, 0.6) is 0 Å². The summed E-state index contributed by atoms with van der Waals surface area (Å²) in [5.74, 6) is 1.24. The minimum absolute atomic E-state index is 0.158. The predicted molar refractivity (Wildman–Crippen MR) is 120 cm³/mol. The molecule has 4 aromatic rings. The van der Waals surface area contributed by atoms with Crippen molar-refractivity contribution >= 4 is 40.1 Å². The molecule has 0 aliphatic carbocycles. The van der Waals surface area contributed by atoms with E-state index in [0.29, 0.717) is 17.4 Å². The molecule has 1 amide bonds. The Morgan fingerprint density at radius 3 is 2.68 bits per heavy atom. The second kappa shape index (κ2) is 8.46. The van der Waals surface area contributed by atoms with Gasteiger partial charge in [-0.25, -0.2) is 4.98 Å². The number of aryl methyl sites for hydroxylation is 2. The van der Waals surface area contributed by atoms with E-state index in [-0.39, 0.29) is 29.6 Å². The van der Waals surface area contributed by atoms with E-state index in [2.05, 4.69) is 43.1 Å². The molecule has 0 radical (unpaired) electrons. The third kappa shape index (κ3) is 4.58. The van der Waals surface area contributed by atoms with Crippen molar-refractivity contribution in [3.63, 3.8) is 0 Å². The molecular weight excluding hydrogens is 513 g/mol. The number of aromatic nitrogens is 4. The van der Waals surface area contributed by atoms with Crippen LogP contribution in [0.1, 0.15) is 45.2 Å². The molecule has 1 aromatic carbocycles. The van der Waals surface area contributed by atoms with Crippen molar-refractivity contribution < 1.29 is 18.4 Å². The summed E-state index contributed by atoms with van der Waals surface area (Å²) in [6.07, 6.45) is 1.42. The van der Waals surface area contributed by atoms with Crippen LogP contribution in [0.4, 0.5) is 5.82 Å². The van der Waals surface area contributed by atoms with Gasteiger partial charge in [0.15, 0.2) is 34.7 Å². The summed E-state index contributed by atoms with van der Waals surface area (Å²) in [5, 5.41) is 11.0. The Bertz CT molecular complexity index is 1290. The lowest BCUT2D eigenvalue weighted by atomic mass is 10.1. The summed E-state index contributed by atoms with van der Waals surface area (Å²) in [6, 6.07) is 9.09. The van der Waals surface area contributed by atoms with Crippen molar-refractivity contribution in [2.45, 2.75) is 27.3 Å². The van der Waals surface area contributed by atoms with E-state index in [1.165, 1.54) is 17.9 Å². The van der Waals surface area contributed by atoms with Crippen LogP contribution in [0.25, 0.3) is 11.3 Å². The van der Waals surface area contributed by atoms with Gasteiger partial charge in [-0.1, -0.05) is 6.07 Å². The first-order chi connectivity index (χ1) is 14.8. The first kappa shape index (κ1) is 21.0. The summed E-state index contributed by atoms with van der Waals surface area (Å²) >= 11 is 2.25. The lowest BCUT2D eigenvalue weighted by molar-refractivity contribution is 0.0983. The Morgan fingerprint density at radius 1 is 1.16 bits per heavy atom. The van der Waals surface area contributed by atoms with Gasteiger partial charge in [-0.15, -0.1) is 5.10 Å². The molecule has 0 bridgehead atoms. The van der Waals surface area contributed by atoms with Crippen LogP contribution < -0.4 is 5.32 Å². The first-order valence-corrected chi connectivity index (χ1v) is 10.4. The number of oxazole rings is 1. The molecule has 0 aliphatic rings. The number of benzene rings is 1. The van der Waals surface area contributed by atoms with Crippen LogP contribution in [0.15, 0.2) is 45.4 Å². The highest BCUT2D eigenvalue weighted by Crippen LogP contribution is 2.28. The number of halogens is 1. The standard InChI is InChI=1S/C21H18IN5O4/c1-11-8-14(4-6-16(11)22)20-19(24-13(3)30-20)21(29)25-18-9-23-27(26-18)10-15-5-7-17(31-15)12(2)28/h4-9H,10H2,1-3H3,(H,25,26,29). The lowest BCUT2D eigenvalue weighted by Crippen LogP contribution is -2.14. The van der Waals surface area contributed by atoms with Gasteiger partial charge in [-0.05, 0) is 59.3 Å². The van der Waals surface area contributed by atoms with E-state index in [4.69, 9.17) is 8.83 Å².